The lowest BCUT2D eigenvalue weighted by Gasteiger charge is -2.22. The van der Waals surface area contributed by atoms with Gasteiger partial charge in [-0.25, -0.2) is 9.97 Å². The van der Waals surface area contributed by atoms with Gasteiger partial charge in [0.2, 0.25) is 11.9 Å². The number of rotatable bonds is 7. The van der Waals surface area contributed by atoms with Crippen molar-refractivity contribution in [2.24, 2.45) is 0 Å². The zero-order valence-electron chi connectivity index (χ0n) is 29.3. The first-order valence-electron chi connectivity index (χ1n) is 16.3. The van der Waals surface area contributed by atoms with E-state index in [0.717, 1.165) is 45.7 Å². The third kappa shape index (κ3) is 10.0. The monoisotopic (exact) mass is 714 g/mol. The molecule has 12 nitrogen and oxygen atoms in total. The molecule has 0 radical (unpaired) electrons. The Morgan fingerprint density at radius 2 is 1.36 bits per heavy atom. The number of imidazole rings is 2. The average Bonchev–Trinajstić information content (AvgIpc) is 3.76. The number of nitrogens with two attached hydrogens (primary N) is 2. The Balaban J connectivity index is 0.000000180. The summed E-state index contributed by atoms with van der Waals surface area (Å²) in [4.78, 5) is 15.7. The molecule has 0 aliphatic carbocycles. The van der Waals surface area contributed by atoms with E-state index in [9.17, 15) is 10.2 Å². The summed E-state index contributed by atoms with van der Waals surface area (Å²) in [5, 5.41) is 23.2. The second-order valence-corrected chi connectivity index (χ2v) is 15.4. The van der Waals surface area contributed by atoms with Gasteiger partial charge in [0, 0.05) is 41.9 Å². The highest BCUT2D eigenvalue weighted by Gasteiger charge is 2.25. The van der Waals surface area contributed by atoms with Gasteiger partial charge in [0.15, 0.2) is 0 Å². The van der Waals surface area contributed by atoms with Gasteiger partial charge in [0.25, 0.3) is 0 Å². The molecule has 2 atom stereocenters. The number of fused-ring (bicyclic) bond motifs is 2. The van der Waals surface area contributed by atoms with Crippen molar-refractivity contribution in [1.82, 2.24) is 34.2 Å². The summed E-state index contributed by atoms with van der Waals surface area (Å²) in [5.74, 6) is 0.877. The van der Waals surface area contributed by atoms with E-state index in [2.05, 4.69) is 92.3 Å². The van der Waals surface area contributed by atoms with Crippen LogP contribution in [0.15, 0.2) is 40.9 Å². The van der Waals surface area contributed by atoms with Crippen molar-refractivity contribution in [1.29, 1.82) is 0 Å². The molecule has 4 aromatic rings. The van der Waals surface area contributed by atoms with Gasteiger partial charge in [-0.05, 0) is 112 Å². The minimum absolute atomic E-state index is 0.426. The van der Waals surface area contributed by atoms with E-state index in [4.69, 9.17) is 11.5 Å². The number of likely N-dealkylation sites (N-methyl/N-ethyl adjacent to an activating group) is 2. The number of nitrogen functional groups attached to an aromatic ring is 2. The molecule has 47 heavy (non-hydrogen) atoms. The second kappa shape index (κ2) is 15.1. The minimum Gasteiger partial charge on any atom is -0.389 e. The maximum Gasteiger partial charge on any atom is 0.201 e. The van der Waals surface area contributed by atoms with E-state index in [1.54, 1.807) is 27.7 Å². The molecule has 13 heteroatoms. The molecule has 260 valence electrons. The molecular formula is C34H55BrN10O2. The predicted octanol–water partition coefficient (Wildman–Crippen LogP) is 3.59. The van der Waals surface area contributed by atoms with E-state index < -0.39 is 11.2 Å². The van der Waals surface area contributed by atoms with Gasteiger partial charge in [0.1, 0.15) is 0 Å². The Morgan fingerprint density at radius 1 is 0.830 bits per heavy atom. The molecule has 2 saturated heterocycles. The number of aliphatic hydroxyl groups is 2. The molecule has 7 N–H and O–H groups in total. The lowest BCUT2D eigenvalue weighted by molar-refractivity contribution is 0.0627. The van der Waals surface area contributed by atoms with Crippen LogP contribution in [-0.2, 0) is 13.1 Å². The summed E-state index contributed by atoms with van der Waals surface area (Å²) in [6.07, 6.45) is 2.49. The van der Waals surface area contributed by atoms with Gasteiger partial charge >= 0.3 is 0 Å². The van der Waals surface area contributed by atoms with Crippen molar-refractivity contribution in [2.75, 3.05) is 70.7 Å². The number of benzene rings is 2. The van der Waals surface area contributed by atoms with Crippen LogP contribution in [0.25, 0.3) is 22.1 Å². The number of nitrogens with one attached hydrogen (secondary N) is 1. The van der Waals surface area contributed by atoms with Crippen molar-refractivity contribution in [3.8, 4) is 0 Å². The van der Waals surface area contributed by atoms with Crippen LogP contribution in [-0.4, -0.2) is 117 Å². The molecule has 0 saturated carbocycles. The lowest BCUT2D eigenvalue weighted by atomic mass is 10.1. The van der Waals surface area contributed by atoms with Gasteiger partial charge < -0.3 is 50.8 Å². The fourth-order valence-corrected chi connectivity index (χ4v) is 6.39. The van der Waals surface area contributed by atoms with Crippen LogP contribution in [0.3, 0.4) is 0 Å². The van der Waals surface area contributed by atoms with Gasteiger partial charge in [0.05, 0.1) is 46.4 Å². The van der Waals surface area contributed by atoms with Crippen molar-refractivity contribution in [2.45, 2.75) is 76.9 Å². The quantitative estimate of drug-likeness (QED) is 0.192. The summed E-state index contributed by atoms with van der Waals surface area (Å²) in [6, 6.07) is 13.5. The molecule has 4 heterocycles. The molecule has 2 aromatic heterocycles. The van der Waals surface area contributed by atoms with Crippen LogP contribution in [0.5, 0.6) is 0 Å². The standard InChI is InChI=1S/C17H27N5O.C11H14BrN3O.C6H14N2/c1-17(2,23)11-22-15-6-5-12(9-14(15)19-16(22)18)21-8-7-13(10-21)20(3)4;1-11(2,16)6-15-9-4-3-7(12)5-8(9)14-10(15)13;1-8(2)6-3-4-7-5-6/h5-6,9,13,23H,7-8,10-11H2,1-4H3,(H2,18,19);3-5,16H,6H2,1-2H3,(H2,13,14);6-7H,3-5H2,1-2H3. The normalized spacial score (nSPS) is 18.6. The highest BCUT2D eigenvalue weighted by atomic mass is 79.9. The first kappa shape index (κ1) is 36.9. The highest BCUT2D eigenvalue weighted by Crippen LogP contribution is 2.28. The Bertz CT molecular complexity index is 1610. The number of aromatic nitrogens is 4. The van der Waals surface area contributed by atoms with Crippen LogP contribution in [0.4, 0.5) is 17.6 Å². The third-order valence-electron chi connectivity index (χ3n) is 8.61. The first-order chi connectivity index (χ1) is 21.9. The molecule has 2 aliphatic rings. The smallest absolute Gasteiger partial charge is 0.201 e. The summed E-state index contributed by atoms with van der Waals surface area (Å²) in [5.41, 5.74) is 15.1. The molecule has 2 unspecified atom stereocenters. The van der Waals surface area contributed by atoms with E-state index in [0.29, 0.717) is 31.0 Å². The summed E-state index contributed by atoms with van der Waals surface area (Å²) in [6.45, 7) is 12.4. The van der Waals surface area contributed by atoms with Crippen LogP contribution in [0.1, 0.15) is 40.5 Å². The van der Waals surface area contributed by atoms with Gasteiger partial charge in [-0.15, -0.1) is 0 Å². The van der Waals surface area contributed by atoms with Gasteiger partial charge in [-0.2, -0.15) is 0 Å². The Morgan fingerprint density at radius 3 is 1.81 bits per heavy atom. The maximum absolute atomic E-state index is 10.1. The topological polar surface area (TPSA) is 150 Å². The van der Waals surface area contributed by atoms with Crippen molar-refractivity contribution in [3.05, 3.63) is 40.9 Å². The maximum atomic E-state index is 10.1. The largest absolute Gasteiger partial charge is 0.389 e. The SMILES string of the molecule is CC(C)(O)Cn1c(N)nc2cc(Br)ccc21.CN(C)C1CCN(c2ccc3c(c2)nc(N)n3CC(C)(C)O)C1.CN(C)C1CCNC1. The highest BCUT2D eigenvalue weighted by molar-refractivity contribution is 9.10. The lowest BCUT2D eigenvalue weighted by Crippen LogP contribution is -2.31. The summed E-state index contributed by atoms with van der Waals surface area (Å²) < 4.78 is 4.67. The average molecular weight is 716 g/mol. The van der Waals surface area contributed by atoms with E-state index in [1.165, 1.54) is 31.6 Å². The molecule has 0 bridgehead atoms. The van der Waals surface area contributed by atoms with Crippen LogP contribution < -0.4 is 21.7 Å². The number of anilines is 3. The zero-order valence-corrected chi connectivity index (χ0v) is 30.9. The molecule has 0 amide bonds. The van der Waals surface area contributed by atoms with Crippen molar-refractivity contribution < 1.29 is 10.2 Å². The van der Waals surface area contributed by atoms with Crippen LogP contribution >= 0.6 is 15.9 Å². The molecule has 2 fully saturated rings. The van der Waals surface area contributed by atoms with Crippen molar-refractivity contribution >= 4 is 55.6 Å². The minimum atomic E-state index is -0.825. The fraction of sp³-hybridized carbons (Fsp3) is 0.588. The molecular weight excluding hydrogens is 660 g/mol. The summed E-state index contributed by atoms with van der Waals surface area (Å²) >= 11 is 3.39. The van der Waals surface area contributed by atoms with Gasteiger partial charge in [-0.3, -0.25) is 0 Å². The Hall–Kier alpha value is -2.94. The number of hydrogen-bond donors (Lipinski definition) is 5. The fourth-order valence-electron chi connectivity index (χ4n) is 6.04. The van der Waals surface area contributed by atoms with Crippen LogP contribution in [0, 0.1) is 0 Å². The molecule has 2 aliphatic heterocycles. The Kier molecular flexibility index (Phi) is 11.8. The van der Waals surface area contributed by atoms with Gasteiger partial charge in [-0.1, -0.05) is 15.9 Å². The van der Waals surface area contributed by atoms with E-state index in [1.807, 2.05) is 27.3 Å². The number of nitrogens with zero attached hydrogens (tertiary/aromatic N) is 7. The number of halogens is 1. The molecule has 2 aromatic carbocycles. The molecule has 0 spiro atoms. The number of hydrogen-bond acceptors (Lipinski definition) is 10. The summed E-state index contributed by atoms with van der Waals surface area (Å²) in [7, 11) is 8.54. The van der Waals surface area contributed by atoms with E-state index in [-0.39, 0.29) is 0 Å². The van der Waals surface area contributed by atoms with Crippen molar-refractivity contribution in [3.63, 3.8) is 0 Å². The second-order valence-electron chi connectivity index (χ2n) is 14.5. The van der Waals surface area contributed by atoms with E-state index >= 15 is 0 Å². The molecule has 6 rings (SSSR count). The zero-order chi connectivity index (χ0) is 34.7. The Labute approximate surface area is 287 Å². The predicted molar refractivity (Wildman–Crippen MR) is 198 cm³/mol. The third-order valence-corrected chi connectivity index (χ3v) is 9.11. The first-order valence-corrected chi connectivity index (χ1v) is 17.1. The van der Waals surface area contributed by atoms with Crippen LogP contribution in [0.2, 0.25) is 0 Å².